The molecule has 1 aromatic rings. The van der Waals surface area contributed by atoms with Crippen LogP contribution in [0, 0.1) is 5.92 Å². The van der Waals surface area contributed by atoms with E-state index in [1.807, 2.05) is 0 Å². The fraction of sp³-hybridized carbons (Fsp3) is 0.714. The lowest BCUT2D eigenvalue weighted by Gasteiger charge is -2.32. The molecule has 0 bridgehead atoms. The largest absolute Gasteiger partial charge is 0.356 e. The van der Waals surface area contributed by atoms with E-state index in [1.165, 1.54) is 18.4 Å². The number of rotatable bonds is 1. The number of anilines is 1. The Morgan fingerprint density at radius 1 is 1.16 bits per heavy atom. The van der Waals surface area contributed by atoms with E-state index in [0.29, 0.717) is 5.28 Å². The van der Waals surface area contributed by atoms with E-state index in [-0.39, 0.29) is 0 Å². The highest BCUT2D eigenvalue weighted by Crippen LogP contribution is 2.28. The van der Waals surface area contributed by atoms with E-state index >= 15 is 0 Å². The molecule has 0 radical (unpaired) electrons. The van der Waals surface area contributed by atoms with Crippen molar-refractivity contribution in [1.29, 1.82) is 0 Å². The van der Waals surface area contributed by atoms with Crippen molar-refractivity contribution in [1.82, 2.24) is 15.3 Å². The summed E-state index contributed by atoms with van der Waals surface area (Å²) in [5.41, 5.74) is 2.45. The molecule has 0 unspecified atom stereocenters. The van der Waals surface area contributed by atoms with Crippen molar-refractivity contribution in [3.8, 4) is 0 Å². The van der Waals surface area contributed by atoms with Crippen LogP contribution in [0.1, 0.15) is 31.0 Å². The van der Waals surface area contributed by atoms with Crippen LogP contribution in [0.3, 0.4) is 0 Å². The molecule has 4 nitrogen and oxygen atoms in total. The van der Waals surface area contributed by atoms with E-state index in [1.54, 1.807) is 0 Å². The van der Waals surface area contributed by atoms with Crippen LogP contribution < -0.4 is 10.2 Å². The van der Waals surface area contributed by atoms with Crippen LogP contribution in [0.4, 0.5) is 5.82 Å². The smallest absolute Gasteiger partial charge is 0.224 e. The van der Waals surface area contributed by atoms with Crippen molar-refractivity contribution < 1.29 is 0 Å². The average Bonchev–Trinajstić information content (AvgIpc) is 2.64. The molecule has 0 aliphatic carbocycles. The molecule has 3 rings (SSSR count). The predicted octanol–water partition coefficient (Wildman–Crippen LogP) is 2.05. The minimum atomic E-state index is 0.397. The van der Waals surface area contributed by atoms with Crippen molar-refractivity contribution in [3.63, 3.8) is 0 Å². The minimum absolute atomic E-state index is 0.397. The molecule has 2 aliphatic rings. The van der Waals surface area contributed by atoms with E-state index in [9.17, 15) is 0 Å². The summed E-state index contributed by atoms with van der Waals surface area (Å²) in [5.74, 6) is 1.92. The summed E-state index contributed by atoms with van der Waals surface area (Å²) in [6.07, 6.45) is 4.45. The fourth-order valence-corrected chi connectivity index (χ4v) is 3.16. The number of fused-ring (bicyclic) bond motifs is 1. The lowest BCUT2D eigenvalue weighted by atomic mass is 9.98. The molecular weight excluding hydrogens is 260 g/mol. The molecule has 0 saturated carbocycles. The summed E-state index contributed by atoms with van der Waals surface area (Å²) in [5, 5.41) is 3.82. The van der Waals surface area contributed by atoms with Gasteiger partial charge in [-0.25, -0.2) is 9.97 Å². The van der Waals surface area contributed by atoms with Gasteiger partial charge in [0.15, 0.2) is 0 Å². The Labute approximate surface area is 119 Å². The van der Waals surface area contributed by atoms with Gasteiger partial charge in [-0.15, -0.1) is 0 Å². The maximum Gasteiger partial charge on any atom is 0.224 e. The summed E-state index contributed by atoms with van der Waals surface area (Å²) in [6, 6.07) is 0. The second kappa shape index (κ2) is 5.63. The molecule has 0 spiro atoms. The van der Waals surface area contributed by atoms with Gasteiger partial charge >= 0.3 is 0 Å². The zero-order valence-corrected chi connectivity index (χ0v) is 12.2. The Morgan fingerprint density at radius 2 is 1.89 bits per heavy atom. The van der Waals surface area contributed by atoms with Gasteiger partial charge in [0, 0.05) is 31.6 Å². The molecule has 1 saturated heterocycles. The maximum atomic E-state index is 6.11. The predicted molar refractivity (Wildman–Crippen MR) is 77.9 cm³/mol. The van der Waals surface area contributed by atoms with E-state index < -0.39 is 0 Å². The number of piperidine rings is 1. The van der Waals surface area contributed by atoms with E-state index in [0.717, 1.165) is 56.5 Å². The zero-order valence-electron chi connectivity index (χ0n) is 11.5. The Kier molecular flexibility index (Phi) is 3.89. The van der Waals surface area contributed by atoms with Gasteiger partial charge in [0.2, 0.25) is 5.28 Å². The number of nitrogens with zero attached hydrogens (tertiary/aromatic N) is 3. The first-order valence-electron chi connectivity index (χ1n) is 7.25. The summed E-state index contributed by atoms with van der Waals surface area (Å²) >= 11 is 6.11. The first-order chi connectivity index (χ1) is 9.24. The summed E-state index contributed by atoms with van der Waals surface area (Å²) in [4.78, 5) is 11.4. The van der Waals surface area contributed by atoms with E-state index in [4.69, 9.17) is 11.6 Å². The standard InChI is InChI=1S/C14H21ClN4/c1-10-4-8-19(9-5-10)13-11-2-6-16-7-3-12(11)17-14(15)18-13/h10,16H,2-9H2,1H3. The average molecular weight is 281 g/mol. The van der Waals surface area contributed by atoms with Crippen LogP contribution in [0.2, 0.25) is 5.28 Å². The second-order valence-electron chi connectivity index (χ2n) is 5.66. The van der Waals surface area contributed by atoms with Crippen molar-refractivity contribution >= 4 is 17.4 Å². The molecule has 1 N–H and O–H groups in total. The number of nitrogens with one attached hydrogen (secondary N) is 1. The topological polar surface area (TPSA) is 41.1 Å². The molecule has 0 aromatic carbocycles. The van der Waals surface area contributed by atoms with Gasteiger partial charge < -0.3 is 10.2 Å². The molecule has 0 atom stereocenters. The normalized spacial score (nSPS) is 21.1. The molecule has 5 heteroatoms. The fourth-order valence-electron chi connectivity index (χ4n) is 2.98. The molecule has 1 fully saturated rings. The van der Waals surface area contributed by atoms with Gasteiger partial charge in [0.25, 0.3) is 0 Å². The highest BCUT2D eigenvalue weighted by molar-refractivity contribution is 6.28. The van der Waals surface area contributed by atoms with Crippen LogP contribution in [-0.4, -0.2) is 36.1 Å². The van der Waals surface area contributed by atoms with Gasteiger partial charge in [0.1, 0.15) is 5.82 Å². The van der Waals surface area contributed by atoms with Gasteiger partial charge in [0.05, 0.1) is 5.69 Å². The molecule has 2 aliphatic heterocycles. The van der Waals surface area contributed by atoms with Crippen LogP contribution in [-0.2, 0) is 12.8 Å². The van der Waals surface area contributed by atoms with Gasteiger partial charge in [-0.05, 0) is 43.3 Å². The van der Waals surface area contributed by atoms with Crippen molar-refractivity contribution in [2.24, 2.45) is 5.92 Å². The number of hydrogen-bond donors (Lipinski definition) is 1. The zero-order chi connectivity index (χ0) is 13.2. The number of hydrogen-bond acceptors (Lipinski definition) is 4. The van der Waals surface area contributed by atoms with Gasteiger partial charge in [-0.1, -0.05) is 6.92 Å². The highest BCUT2D eigenvalue weighted by atomic mass is 35.5. The molecule has 104 valence electrons. The molecule has 1 aromatic heterocycles. The monoisotopic (exact) mass is 280 g/mol. The van der Waals surface area contributed by atoms with Crippen molar-refractivity contribution in [3.05, 3.63) is 16.5 Å². The number of halogens is 1. The van der Waals surface area contributed by atoms with Crippen molar-refractivity contribution in [2.75, 3.05) is 31.1 Å². The minimum Gasteiger partial charge on any atom is -0.356 e. The van der Waals surface area contributed by atoms with E-state index in [2.05, 4.69) is 27.1 Å². The first-order valence-corrected chi connectivity index (χ1v) is 7.63. The molecule has 3 heterocycles. The Bertz CT molecular complexity index is 455. The molecule has 0 amide bonds. The Hall–Kier alpha value is -0.870. The number of aromatic nitrogens is 2. The Balaban J connectivity index is 1.93. The van der Waals surface area contributed by atoms with Crippen LogP contribution >= 0.6 is 11.6 Å². The van der Waals surface area contributed by atoms with Crippen LogP contribution in [0.15, 0.2) is 0 Å². The van der Waals surface area contributed by atoms with Gasteiger partial charge in [-0.3, -0.25) is 0 Å². The summed E-state index contributed by atoms with van der Waals surface area (Å²) < 4.78 is 0. The van der Waals surface area contributed by atoms with Crippen molar-refractivity contribution in [2.45, 2.75) is 32.6 Å². The van der Waals surface area contributed by atoms with Crippen LogP contribution in [0.25, 0.3) is 0 Å². The third kappa shape index (κ3) is 2.84. The second-order valence-corrected chi connectivity index (χ2v) is 6.00. The summed E-state index contributed by atoms with van der Waals surface area (Å²) in [6.45, 7) is 6.50. The lowest BCUT2D eigenvalue weighted by molar-refractivity contribution is 0.435. The summed E-state index contributed by atoms with van der Waals surface area (Å²) in [7, 11) is 0. The third-order valence-corrected chi connectivity index (χ3v) is 4.39. The molecule has 19 heavy (non-hydrogen) atoms. The first kappa shape index (κ1) is 13.1. The van der Waals surface area contributed by atoms with Gasteiger partial charge in [-0.2, -0.15) is 0 Å². The quantitative estimate of drug-likeness (QED) is 0.800. The maximum absolute atomic E-state index is 6.11. The lowest BCUT2D eigenvalue weighted by Crippen LogP contribution is -2.34. The highest BCUT2D eigenvalue weighted by Gasteiger charge is 2.23. The Morgan fingerprint density at radius 3 is 2.68 bits per heavy atom. The third-order valence-electron chi connectivity index (χ3n) is 4.22. The SMILES string of the molecule is CC1CCN(c2nc(Cl)nc3c2CCNCC3)CC1. The molecular formula is C14H21ClN4. The van der Waals surface area contributed by atoms with Crippen LogP contribution in [0.5, 0.6) is 0 Å².